The van der Waals surface area contributed by atoms with Crippen LogP contribution in [0.4, 0.5) is 0 Å². The van der Waals surface area contributed by atoms with Crippen molar-refractivity contribution >= 4 is 11.7 Å². The Morgan fingerprint density at radius 3 is 2.61 bits per heavy atom. The molecule has 1 aliphatic heterocycles. The van der Waals surface area contributed by atoms with Crippen molar-refractivity contribution in [1.82, 2.24) is 4.90 Å². The summed E-state index contributed by atoms with van der Waals surface area (Å²) >= 11 is 0. The second-order valence-corrected chi connectivity index (χ2v) is 9.64. The first-order chi connectivity index (χ1) is 10.8. The third-order valence-corrected chi connectivity index (χ3v) is 8.50. The molecule has 5 unspecified atom stereocenters. The molecule has 0 bridgehead atoms. The minimum Gasteiger partial charge on any atom is -0.342 e. The second kappa shape index (κ2) is 4.83. The average Bonchev–Trinajstić information content (AvgIpc) is 2.80. The summed E-state index contributed by atoms with van der Waals surface area (Å²) in [5, 5.41) is 0. The van der Waals surface area contributed by atoms with Gasteiger partial charge in [0.1, 0.15) is 5.78 Å². The first kappa shape index (κ1) is 15.7. The van der Waals surface area contributed by atoms with Crippen LogP contribution in [0.5, 0.6) is 0 Å². The molecule has 4 aliphatic rings. The van der Waals surface area contributed by atoms with Crippen LogP contribution in [0, 0.1) is 34.5 Å². The SMILES string of the molecule is CC1CC2N(C)C(=O)CC[C@]2(C)C2CC[C@]3(C)CC(=O)CC3C12. The Morgan fingerprint density at radius 2 is 1.87 bits per heavy atom. The first-order valence-electron chi connectivity index (χ1n) is 9.53. The molecule has 7 atom stereocenters. The maximum atomic E-state index is 12.2. The summed E-state index contributed by atoms with van der Waals surface area (Å²) in [6.45, 7) is 7.21. The van der Waals surface area contributed by atoms with Crippen LogP contribution >= 0.6 is 0 Å². The lowest BCUT2D eigenvalue weighted by molar-refractivity contribution is -0.164. The number of hydrogen-bond donors (Lipinski definition) is 0. The van der Waals surface area contributed by atoms with Gasteiger partial charge in [0.25, 0.3) is 0 Å². The van der Waals surface area contributed by atoms with E-state index in [0.717, 1.165) is 25.7 Å². The molecule has 0 N–H and O–H groups in total. The highest BCUT2D eigenvalue weighted by Crippen LogP contribution is 2.65. The van der Waals surface area contributed by atoms with Crippen molar-refractivity contribution in [3.63, 3.8) is 0 Å². The molecule has 0 radical (unpaired) electrons. The van der Waals surface area contributed by atoms with E-state index < -0.39 is 0 Å². The zero-order valence-corrected chi connectivity index (χ0v) is 15.1. The van der Waals surface area contributed by atoms with Gasteiger partial charge < -0.3 is 4.90 Å². The molecule has 1 saturated heterocycles. The molecule has 23 heavy (non-hydrogen) atoms. The van der Waals surface area contributed by atoms with Crippen LogP contribution < -0.4 is 0 Å². The van der Waals surface area contributed by atoms with E-state index in [1.807, 2.05) is 7.05 Å². The molecule has 1 heterocycles. The van der Waals surface area contributed by atoms with Gasteiger partial charge in [0.2, 0.25) is 5.91 Å². The number of carbonyl (C=O) groups excluding carboxylic acids is 2. The maximum absolute atomic E-state index is 12.2. The number of ketones is 1. The zero-order chi connectivity index (χ0) is 16.6. The minimum absolute atomic E-state index is 0.256. The first-order valence-corrected chi connectivity index (χ1v) is 9.53. The number of Topliss-reactive ketones (excluding diaryl/α,β-unsaturated/α-hetero) is 1. The fraction of sp³-hybridized carbons (Fsp3) is 0.900. The van der Waals surface area contributed by atoms with Gasteiger partial charge >= 0.3 is 0 Å². The van der Waals surface area contributed by atoms with E-state index in [4.69, 9.17) is 0 Å². The molecule has 128 valence electrons. The smallest absolute Gasteiger partial charge is 0.222 e. The van der Waals surface area contributed by atoms with E-state index in [2.05, 4.69) is 25.7 Å². The molecule has 3 nitrogen and oxygen atoms in total. The summed E-state index contributed by atoms with van der Waals surface area (Å²) in [6.07, 6.45) is 6.97. The Morgan fingerprint density at radius 1 is 1.13 bits per heavy atom. The lowest BCUT2D eigenvalue weighted by Gasteiger charge is -2.63. The van der Waals surface area contributed by atoms with Crippen molar-refractivity contribution in [2.24, 2.45) is 34.5 Å². The fourth-order valence-electron chi connectivity index (χ4n) is 7.25. The summed E-state index contributed by atoms with van der Waals surface area (Å²) < 4.78 is 0. The Labute approximate surface area is 140 Å². The van der Waals surface area contributed by atoms with Crippen LogP contribution in [-0.2, 0) is 9.59 Å². The average molecular weight is 317 g/mol. The van der Waals surface area contributed by atoms with E-state index in [1.165, 1.54) is 12.8 Å². The van der Waals surface area contributed by atoms with Crippen molar-refractivity contribution in [1.29, 1.82) is 0 Å². The molecular formula is C20H31NO2. The summed E-state index contributed by atoms with van der Waals surface area (Å²) in [4.78, 5) is 26.5. The molecule has 1 amide bonds. The third-order valence-electron chi connectivity index (χ3n) is 8.50. The number of piperidine rings is 1. The Bertz CT molecular complexity index is 558. The topological polar surface area (TPSA) is 37.4 Å². The van der Waals surface area contributed by atoms with Gasteiger partial charge in [-0.3, -0.25) is 9.59 Å². The van der Waals surface area contributed by atoms with Crippen molar-refractivity contribution in [3.05, 3.63) is 0 Å². The van der Waals surface area contributed by atoms with Crippen LogP contribution in [0.15, 0.2) is 0 Å². The molecule has 4 fully saturated rings. The lowest BCUT2D eigenvalue weighted by atomic mass is 9.45. The number of nitrogens with zero attached hydrogens (tertiary/aromatic N) is 1. The van der Waals surface area contributed by atoms with Crippen molar-refractivity contribution < 1.29 is 9.59 Å². The summed E-state index contributed by atoms with van der Waals surface area (Å²) in [5.41, 5.74) is 0.513. The number of amides is 1. The Kier molecular flexibility index (Phi) is 3.29. The molecular weight excluding hydrogens is 286 g/mol. The van der Waals surface area contributed by atoms with Crippen LogP contribution in [0.3, 0.4) is 0 Å². The summed E-state index contributed by atoms with van der Waals surface area (Å²) in [6, 6.07) is 0.404. The number of likely N-dealkylation sites (tertiary alicyclic amines) is 1. The molecule has 0 spiro atoms. The number of carbonyl (C=O) groups is 2. The van der Waals surface area contributed by atoms with Crippen LogP contribution in [-0.4, -0.2) is 29.7 Å². The van der Waals surface area contributed by atoms with Gasteiger partial charge in [-0.2, -0.15) is 0 Å². The van der Waals surface area contributed by atoms with Crippen LogP contribution in [0.1, 0.15) is 65.7 Å². The molecule has 0 aromatic heterocycles. The zero-order valence-electron chi connectivity index (χ0n) is 15.1. The molecule has 0 aromatic carbocycles. The summed E-state index contributed by atoms with van der Waals surface area (Å²) in [7, 11) is 2.02. The molecule has 3 saturated carbocycles. The fourth-order valence-corrected chi connectivity index (χ4v) is 7.25. The van der Waals surface area contributed by atoms with Gasteiger partial charge in [-0.15, -0.1) is 0 Å². The normalized spacial score (nSPS) is 52.9. The van der Waals surface area contributed by atoms with Crippen LogP contribution in [0.2, 0.25) is 0 Å². The highest BCUT2D eigenvalue weighted by molar-refractivity contribution is 5.82. The second-order valence-electron chi connectivity index (χ2n) is 9.64. The molecule has 3 aliphatic carbocycles. The highest BCUT2D eigenvalue weighted by Gasteiger charge is 2.61. The van der Waals surface area contributed by atoms with Crippen molar-refractivity contribution in [2.45, 2.75) is 71.8 Å². The summed E-state index contributed by atoms with van der Waals surface area (Å²) in [5.74, 6) is 3.41. The van der Waals surface area contributed by atoms with Gasteiger partial charge in [-0.25, -0.2) is 0 Å². The van der Waals surface area contributed by atoms with Gasteiger partial charge in [-0.05, 0) is 60.2 Å². The van der Waals surface area contributed by atoms with Gasteiger partial charge in [0, 0.05) is 32.4 Å². The third kappa shape index (κ3) is 2.01. The van der Waals surface area contributed by atoms with E-state index in [0.29, 0.717) is 47.8 Å². The standard InChI is InChI=1S/C20H31NO2/c1-12-9-16-20(3,8-6-17(23)21(16)4)14-5-7-19(2)11-13(22)10-15(19)18(12)14/h12,14-16,18H,5-11H2,1-4H3/t12?,14?,15?,16?,18?,19-,20-/m1/s1. The van der Waals surface area contributed by atoms with Gasteiger partial charge in [-0.1, -0.05) is 20.8 Å². The number of hydrogen-bond acceptors (Lipinski definition) is 2. The highest BCUT2D eigenvalue weighted by atomic mass is 16.2. The predicted octanol–water partition coefficient (Wildman–Crippen LogP) is 3.66. The van der Waals surface area contributed by atoms with Crippen molar-refractivity contribution in [3.8, 4) is 0 Å². The van der Waals surface area contributed by atoms with E-state index in [-0.39, 0.29) is 10.8 Å². The Hall–Kier alpha value is -0.860. The lowest BCUT2D eigenvalue weighted by Crippen LogP contribution is -2.62. The molecule has 3 heteroatoms. The van der Waals surface area contributed by atoms with Gasteiger partial charge in [0.15, 0.2) is 0 Å². The quantitative estimate of drug-likeness (QED) is 0.683. The predicted molar refractivity (Wildman–Crippen MR) is 89.7 cm³/mol. The van der Waals surface area contributed by atoms with Crippen LogP contribution in [0.25, 0.3) is 0 Å². The molecule has 0 aromatic rings. The largest absolute Gasteiger partial charge is 0.342 e. The monoisotopic (exact) mass is 317 g/mol. The Balaban J connectivity index is 1.71. The number of rotatable bonds is 0. The maximum Gasteiger partial charge on any atom is 0.222 e. The van der Waals surface area contributed by atoms with E-state index in [1.54, 1.807) is 0 Å². The van der Waals surface area contributed by atoms with E-state index in [9.17, 15) is 9.59 Å². The van der Waals surface area contributed by atoms with Crippen molar-refractivity contribution in [2.75, 3.05) is 7.05 Å². The minimum atomic E-state index is 0.256. The number of fused-ring (bicyclic) bond motifs is 5. The van der Waals surface area contributed by atoms with Gasteiger partial charge in [0.05, 0.1) is 0 Å². The molecule has 4 rings (SSSR count). The van der Waals surface area contributed by atoms with E-state index >= 15 is 0 Å².